The number of hydrogen-bond donors (Lipinski definition) is 0. The minimum Gasteiger partial charge on any atom is -0.356 e. The van der Waals surface area contributed by atoms with Gasteiger partial charge in [0.05, 0.1) is 11.7 Å². The Morgan fingerprint density at radius 3 is 3.20 bits per heavy atom. The van der Waals surface area contributed by atoms with Crippen molar-refractivity contribution in [1.82, 2.24) is 9.78 Å². The Kier molecular flexibility index (Phi) is 2.15. The molecule has 1 aromatic heterocycles. The van der Waals surface area contributed by atoms with Gasteiger partial charge in [-0.25, -0.2) is 4.68 Å². The maximum Gasteiger partial charge on any atom is 0.150 e. The number of rotatable bonds is 1. The van der Waals surface area contributed by atoms with Crippen LogP contribution in [0.1, 0.15) is 19.1 Å². The van der Waals surface area contributed by atoms with E-state index in [0.717, 1.165) is 35.4 Å². The average molecular weight is 223 g/mol. The Morgan fingerprint density at radius 1 is 1.47 bits per heavy atom. The number of benzene rings is 1. The molecule has 1 fully saturated rings. The van der Waals surface area contributed by atoms with Gasteiger partial charge in [-0.15, -0.1) is 0 Å². The molecule has 3 nitrogen and oxygen atoms in total. The third kappa shape index (κ3) is 1.52. The molecule has 0 N–H and O–H groups in total. The van der Waals surface area contributed by atoms with Gasteiger partial charge in [0.15, 0.2) is 6.23 Å². The van der Waals surface area contributed by atoms with E-state index < -0.39 is 0 Å². The zero-order chi connectivity index (χ0) is 10.3. The molecule has 1 unspecified atom stereocenters. The number of hydrogen-bond acceptors (Lipinski definition) is 2. The van der Waals surface area contributed by atoms with Gasteiger partial charge >= 0.3 is 0 Å². The van der Waals surface area contributed by atoms with Gasteiger partial charge in [-0.1, -0.05) is 11.6 Å². The van der Waals surface area contributed by atoms with Gasteiger partial charge in [-0.2, -0.15) is 5.10 Å². The molecule has 1 aliphatic rings. The van der Waals surface area contributed by atoms with Crippen molar-refractivity contribution in [2.75, 3.05) is 6.61 Å². The first-order valence-corrected chi connectivity index (χ1v) is 5.47. The van der Waals surface area contributed by atoms with Crippen LogP contribution in [0.4, 0.5) is 0 Å². The lowest BCUT2D eigenvalue weighted by molar-refractivity contribution is 0.0503. The van der Waals surface area contributed by atoms with Crippen molar-refractivity contribution in [2.24, 2.45) is 0 Å². The van der Waals surface area contributed by atoms with E-state index >= 15 is 0 Å². The van der Waals surface area contributed by atoms with E-state index in [4.69, 9.17) is 16.3 Å². The first-order valence-electron chi connectivity index (χ1n) is 5.09. The second-order valence-corrected chi connectivity index (χ2v) is 4.20. The molecule has 0 spiro atoms. The van der Waals surface area contributed by atoms with Crippen LogP contribution in [0.15, 0.2) is 24.4 Å². The molecule has 0 radical (unpaired) electrons. The number of fused-ring (bicyclic) bond motifs is 1. The normalized spacial score (nSPS) is 21.3. The molecule has 0 amide bonds. The predicted octanol–water partition coefficient (Wildman–Crippen LogP) is 3.00. The van der Waals surface area contributed by atoms with Crippen molar-refractivity contribution in [2.45, 2.75) is 19.1 Å². The molecule has 0 aliphatic carbocycles. The first-order chi connectivity index (χ1) is 7.34. The predicted molar refractivity (Wildman–Crippen MR) is 59.0 cm³/mol. The fourth-order valence-electron chi connectivity index (χ4n) is 2.01. The van der Waals surface area contributed by atoms with E-state index in [1.54, 1.807) is 0 Å². The van der Waals surface area contributed by atoms with Crippen molar-refractivity contribution < 1.29 is 4.74 Å². The number of aromatic nitrogens is 2. The standard InChI is InChI=1S/C11H11ClN2O/c12-9-3-4-10-8(6-9)7-13-14(10)11-2-1-5-15-11/h3-4,6-7,11H,1-2,5H2. The van der Waals surface area contributed by atoms with Gasteiger partial charge in [0.1, 0.15) is 0 Å². The van der Waals surface area contributed by atoms with Crippen molar-refractivity contribution >= 4 is 22.5 Å². The largest absolute Gasteiger partial charge is 0.356 e. The molecule has 0 bridgehead atoms. The molecule has 15 heavy (non-hydrogen) atoms. The lowest BCUT2D eigenvalue weighted by Crippen LogP contribution is -2.08. The molecule has 2 aromatic rings. The number of ether oxygens (including phenoxy) is 1. The summed E-state index contributed by atoms with van der Waals surface area (Å²) < 4.78 is 7.55. The van der Waals surface area contributed by atoms with Crippen LogP contribution in [0.5, 0.6) is 0 Å². The second-order valence-electron chi connectivity index (χ2n) is 3.76. The summed E-state index contributed by atoms with van der Waals surface area (Å²) in [7, 11) is 0. The number of halogens is 1. The van der Waals surface area contributed by atoms with Crippen LogP contribution in [0.25, 0.3) is 10.9 Å². The van der Waals surface area contributed by atoms with Crippen molar-refractivity contribution in [3.05, 3.63) is 29.4 Å². The molecule has 1 atom stereocenters. The molecule has 1 saturated heterocycles. The van der Waals surface area contributed by atoms with Crippen LogP contribution in [-0.2, 0) is 4.74 Å². The highest BCUT2D eigenvalue weighted by Crippen LogP contribution is 2.27. The van der Waals surface area contributed by atoms with Crippen molar-refractivity contribution in [3.8, 4) is 0 Å². The van der Waals surface area contributed by atoms with Crippen molar-refractivity contribution in [3.63, 3.8) is 0 Å². The summed E-state index contributed by atoms with van der Waals surface area (Å²) in [6.45, 7) is 0.833. The zero-order valence-corrected chi connectivity index (χ0v) is 8.94. The Bertz CT molecular complexity index is 488. The monoisotopic (exact) mass is 222 g/mol. The van der Waals surface area contributed by atoms with E-state index in [1.165, 1.54) is 0 Å². The van der Waals surface area contributed by atoms with E-state index in [1.807, 2.05) is 29.1 Å². The van der Waals surface area contributed by atoms with E-state index in [2.05, 4.69) is 5.10 Å². The van der Waals surface area contributed by atoms with Crippen LogP contribution >= 0.6 is 11.6 Å². The SMILES string of the molecule is Clc1ccc2c(cnn2C2CCCO2)c1. The minimum absolute atomic E-state index is 0.101. The smallest absolute Gasteiger partial charge is 0.150 e. The second kappa shape index (κ2) is 3.51. The van der Waals surface area contributed by atoms with E-state index in [-0.39, 0.29) is 6.23 Å². The van der Waals surface area contributed by atoms with Crippen LogP contribution < -0.4 is 0 Å². The zero-order valence-electron chi connectivity index (χ0n) is 8.19. The lowest BCUT2D eigenvalue weighted by atomic mass is 10.2. The molecule has 78 valence electrons. The van der Waals surface area contributed by atoms with Crippen LogP contribution in [0.3, 0.4) is 0 Å². The van der Waals surface area contributed by atoms with Gasteiger partial charge in [-0.3, -0.25) is 0 Å². The van der Waals surface area contributed by atoms with Gasteiger partial charge in [-0.05, 0) is 31.0 Å². The summed E-state index contributed by atoms with van der Waals surface area (Å²) in [5.74, 6) is 0. The Labute approximate surface area is 92.6 Å². The number of nitrogens with zero attached hydrogens (tertiary/aromatic N) is 2. The summed E-state index contributed by atoms with van der Waals surface area (Å²) in [5.41, 5.74) is 1.09. The molecular weight excluding hydrogens is 212 g/mol. The molecule has 1 aromatic carbocycles. The molecule has 3 rings (SSSR count). The topological polar surface area (TPSA) is 27.1 Å². The highest BCUT2D eigenvalue weighted by molar-refractivity contribution is 6.31. The van der Waals surface area contributed by atoms with Gasteiger partial charge in [0.2, 0.25) is 0 Å². The molecule has 1 aliphatic heterocycles. The summed E-state index contributed by atoms with van der Waals surface area (Å²) in [6, 6.07) is 5.80. The van der Waals surface area contributed by atoms with Crippen molar-refractivity contribution in [1.29, 1.82) is 0 Å². The van der Waals surface area contributed by atoms with Gasteiger partial charge in [0, 0.05) is 17.0 Å². The quantitative estimate of drug-likeness (QED) is 0.742. The summed E-state index contributed by atoms with van der Waals surface area (Å²) in [5, 5.41) is 6.16. The summed E-state index contributed by atoms with van der Waals surface area (Å²) >= 11 is 5.92. The third-order valence-corrected chi connectivity index (χ3v) is 2.97. The Morgan fingerprint density at radius 2 is 2.40 bits per heavy atom. The summed E-state index contributed by atoms with van der Waals surface area (Å²) in [6.07, 6.45) is 4.09. The lowest BCUT2D eigenvalue weighted by Gasteiger charge is -2.10. The fraction of sp³-hybridized carbons (Fsp3) is 0.364. The van der Waals surface area contributed by atoms with Crippen LogP contribution in [0, 0.1) is 0 Å². The molecule has 4 heteroatoms. The molecule has 2 heterocycles. The Balaban J connectivity index is 2.11. The first kappa shape index (κ1) is 9.19. The maximum absolute atomic E-state index is 5.92. The molecule has 0 saturated carbocycles. The van der Waals surface area contributed by atoms with Crippen LogP contribution in [0.2, 0.25) is 5.02 Å². The summed E-state index contributed by atoms with van der Waals surface area (Å²) in [4.78, 5) is 0. The highest BCUT2D eigenvalue weighted by atomic mass is 35.5. The maximum atomic E-state index is 5.92. The highest BCUT2D eigenvalue weighted by Gasteiger charge is 2.19. The van der Waals surface area contributed by atoms with E-state index in [0.29, 0.717) is 0 Å². The fourth-order valence-corrected chi connectivity index (χ4v) is 2.19. The Hall–Kier alpha value is -1.06. The molecular formula is C11H11ClN2O. The third-order valence-electron chi connectivity index (χ3n) is 2.74. The van der Waals surface area contributed by atoms with Gasteiger partial charge < -0.3 is 4.74 Å². The van der Waals surface area contributed by atoms with E-state index in [9.17, 15) is 0 Å². The van der Waals surface area contributed by atoms with Gasteiger partial charge in [0.25, 0.3) is 0 Å². The average Bonchev–Trinajstić information content (AvgIpc) is 2.82. The minimum atomic E-state index is 0.101. The van der Waals surface area contributed by atoms with Crippen LogP contribution in [-0.4, -0.2) is 16.4 Å².